The Bertz CT molecular complexity index is 464. The average molecular weight is 276 g/mol. The van der Waals surface area contributed by atoms with Gasteiger partial charge in [-0.3, -0.25) is 9.69 Å². The summed E-state index contributed by atoms with van der Waals surface area (Å²) in [6.07, 6.45) is 11.8. The highest BCUT2D eigenvalue weighted by molar-refractivity contribution is 5.80. The molecule has 1 aromatic rings. The van der Waals surface area contributed by atoms with Crippen LogP contribution in [0.5, 0.6) is 0 Å². The fourth-order valence-corrected chi connectivity index (χ4v) is 3.47. The minimum Gasteiger partial charge on any atom is -0.335 e. The summed E-state index contributed by atoms with van der Waals surface area (Å²) in [6, 6.07) is 0. The monoisotopic (exact) mass is 276 g/mol. The van der Waals surface area contributed by atoms with E-state index in [0.717, 1.165) is 18.3 Å². The molecule has 0 radical (unpaired) electrons. The predicted octanol–water partition coefficient (Wildman–Crippen LogP) is 1.82. The quantitative estimate of drug-likeness (QED) is 0.912. The Morgan fingerprint density at radius 2 is 2.15 bits per heavy atom. The first kappa shape index (κ1) is 13.6. The molecule has 110 valence electrons. The van der Waals surface area contributed by atoms with Gasteiger partial charge in [0.25, 0.3) is 0 Å². The van der Waals surface area contributed by atoms with Crippen LogP contribution >= 0.6 is 0 Å². The number of carbonyl (C=O) groups is 1. The van der Waals surface area contributed by atoms with Crippen molar-refractivity contribution < 1.29 is 4.79 Å². The molecule has 1 aliphatic heterocycles. The van der Waals surface area contributed by atoms with Crippen LogP contribution in [0.2, 0.25) is 0 Å². The Morgan fingerprint density at radius 3 is 2.85 bits per heavy atom. The van der Waals surface area contributed by atoms with Crippen LogP contribution in [0.1, 0.15) is 50.5 Å². The van der Waals surface area contributed by atoms with Gasteiger partial charge in [-0.1, -0.05) is 32.1 Å². The first-order valence-electron chi connectivity index (χ1n) is 7.74. The largest absolute Gasteiger partial charge is 0.335 e. The molecule has 20 heavy (non-hydrogen) atoms. The molecule has 1 saturated carbocycles. The van der Waals surface area contributed by atoms with Gasteiger partial charge >= 0.3 is 0 Å². The van der Waals surface area contributed by atoms with Crippen LogP contribution in [0.15, 0.2) is 12.4 Å². The molecular formula is C15H24N4O. The molecule has 5 nitrogen and oxygen atoms in total. The first-order valence-corrected chi connectivity index (χ1v) is 7.74. The van der Waals surface area contributed by atoms with Gasteiger partial charge in [0.05, 0.1) is 6.54 Å². The summed E-state index contributed by atoms with van der Waals surface area (Å²) >= 11 is 0. The number of aromatic nitrogens is 2. The standard InChI is InChI=1S/C15H24N4O/c1-18-10-8-16-14(18)15-17-13(20)11-19(15)9-7-12-5-3-2-4-6-12/h8,10,12,15H,2-7,9,11H2,1H3,(H,17,20). The van der Waals surface area contributed by atoms with Crippen molar-refractivity contribution in [3.05, 3.63) is 18.2 Å². The third-order valence-electron chi connectivity index (χ3n) is 4.66. The smallest absolute Gasteiger partial charge is 0.235 e. The van der Waals surface area contributed by atoms with Gasteiger partial charge in [-0.05, 0) is 12.3 Å². The van der Waals surface area contributed by atoms with E-state index in [1.54, 1.807) is 6.20 Å². The molecule has 1 atom stereocenters. The maximum absolute atomic E-state index is 11.7. The maximum Gasteiger partial charge on any atom is 0.235 e. The second-order valence-corrected chi connectivity index (χ2v) is 6.13. The minimum absolute atomic E-state index is 0.0499. The summed E-state index contributed by atoms with van der Waals surface area (Å²) in [5, 5.41) is 3.04. The number of nitrogens with one attached hydrogen (secondary N) is 1. The van der Waals surface area contributed by atoms with Crippen LogP contribution in [0.3, 0.4) is 0 Å². The minimum atomic E-state index is -0.0499. The van der Waals surface area contributed by atoms with E-state index in [4.69, 9.17) is 0 Å². The zero-order chi connectivity index (χ0) is 13.9. The number of rotatable bonds is 4. The predicted molar refractivity (Wildman–Crippen MR) is 76.9 cm³/mol. The number of hydrogen-bond acceptors (Lipinski definition) is 3. The van der Waals surface area contributed by atoms with Gasteiger partial charge in [-0.15, -0.1) is 0 Å². The Kier molecular flexibility index (Phi) is 4.05. The molecule has 1 unspecified atom stereocenters. The van der Waals surface area contributed by atoms with Crippen molar-refractivity contribution in [2.75, 3.05) is 13.1 Å². The molecular weight excluding hydrogens is 252 g/mol. The highest BCUT2D eigenvalue weighted by Crippen LogP contribution is 2.28. The zero-order valence-corrected chi connectivity index (χ0v) is 12.2. The molecule has 1 saturated heterocycles. The first-order chi connectivity index (χ1) is 9.74. The van der Waals surface area contributed by atoms with Crippen molar-refractivity contribution in [2.45, 2.75) is 44.7 Å². The van der Waals surface area contributed by atoms with Gasteiger partial charge in [0.2, 0.25) is 5.91 Å². The second kappa shape index (κ2) is 5.95. The number of carbonyl (C=O) groups excluding carboxylic acids is 1. The Balaban J connectivity index is 1.61. The molecule has 2 fully saturated rings. The third kappa shape index (κ3) is 2.87. The fourth-order valence-electron chi connectivity index (χ4n) is 3.47. The molecule has 5 heteroatoms. The highest BCUT2D eigenvalue weighted by atomic mass is 16.2. The SMILES string of the molecule is Cn1ccnc1C1NC(=O)CN1CCC1CCCCC1. The van der Waals surface area contributed by atoms with Crippen LogP contribution in [0, 0.1) is 5.92 Å². The molecule has 1 aliphatic carbocycles. The molecule has 3 rings (SSSR count). The van der Waals surface area contributed by atoms with Gasteiger partial charge < -0.3 is 9.88 Å². The van der Waals surface area contributed by atoms with Gasteiger partial charge in [0.15, 0.2) is 0 Å². The summed E-state index contributed by atoms with van der Waals surface area (Å²) in [7, 11) is 1.98. The summed E-state index contributed by atoms with van der Waals surface area (Å²) < 4.78 is 1.99. The van der Waals surface area contributed by atoms with Crippen LogP contribution in [-0.2, 0) is 11.8 Å². The molecule has 0 bridgehead atoms. The van der Waals surface area contributed by atoms with E-state index in [1.165, 1.54) is 38.5 Å². The molecule has 0 spiro atoms. The van der Waals surface area contributed by atoms with Gasteiger partial charge in [0.1, 0.15) is 12.0 Å². The topological polar surface area (TPSA) is 50.2 Å². The average Bonchev–Trinajstić information content (AvgIpc) is 3.03. The van der Waals surface area contributed by atoms with Crippen LogP contribution in [0.4, 0.5) is 0 Å². The maximum atomic E-state index is 11.7. The Hall–Kier alpha value is -1.36. The molecule has 1 aromatic heterocycles. The second-order valence-electron chi connectivity index (χ2n) is 6.13. The van der Waals surface area contributed by atoms with Crippen molar-refractivity contribution in [3.8, 4) is 0 Å². The van der Waals surface area contributed by atoms with Crippen LogP contribution in [-0.4, -0.2) is 33.4 Å². The number of amides is 1. The van der Waals surface area contributed by atoms with Gasteiger partial charge in [0, 0.05) is 26.0 Å². The fraction of sp³-hybridized carbons (Fsp3) is 0.733. The Morgan fingerprint density at radius 1 is 1.35 bits per heavy atom. The molecule has 1 amide bonds. The van der Waals surface area contributed by atoms with Gasteiger partial charge in [-0.2, -0.15) is 0 Å². The molecule has 2 aliphatic rings. The molecule has 2 heterocycles. The van der Waals surface area contributed by atoms with E-state index >= 15 is 0 Å². The van der Waals surface area contributed by atoms with Gasteiger partial charge in [-0.25, -0.2) is 4.98 Å². The molecule has 1 N–H and O–H groups in total. The highest BCUT2D eigenvalue weighted by Gasteiger charge is 2.33. The normalized spacial score (nSPS) is 25.1. The van der Waals surface area contributed by atoms with Crippen molar-refractivity contribution in [3.63, 3.8) is 0 Å². The number of imidazole rings is 1. The van der Waals surface area contributed by atoms with Crippen molar-refractivity contribution in [2.24, 2.45) is 13.0 Å². The summed E-state index contributed by atoms with van der Waals surface area (Å²) in [5.74, 6) is 1.89. The van der Waals surface area contributed by atoms with Crippen molar-refractivity contribution in [1.82, 2.24) is 19.8 Å². The lowest BCUT2D eigenvalue weighted by Crippen LogP contribution is -2.31. The lowest BCUT2D eigenvalue weighted by atomic mass is 9.87. The number of nitrogens with zero attached hydrogens (tertiary/aromatic N) is 3. The number of hydrogen-bond donors (Lipinski definition) is 1. The van der Waals surface area contributed by atoms with E-state index in [9.17, 15) is 4.79 Å². The number of aryl methyl sites for hydroxylation is 1. The van der Waals surface area contributed by atoms with E-state index < -0.39 is 0 Å². The van der Waals surface area contributed by atoms with Crippen LogP contribution in [0.25, 0.3) is 0 Å². The lowest BCUT2D eigenvalue weighted by molar-refractivity contribution is -0.118. The summed E-state index contributed by atoms with van der Waals surface area (Å²) in [6.45, 7) is 1.49. The van der Waals surface area contributed by atoms with Crippen molar-refractivity contribution >= 4 is 5.91 Å². The third-order valence-corrected chi connectivity index (χ3v) is 4.66. The van der Waals surface area contributed by atoms with E-state index in [-0.39, 0.29) is 12.1 Å². The van der Waals surface area contributed by atoms with E-state index in [1.807, 2.05) is 17.8 Å². The van der Waals surface area contributed by atoms with E-state index in [0.29, 0.717) is 6.54 Å². The van der Waals surface area contributed by atoms with Crippen LogP contribution < -0.4 is 5.32 Å². The lowest BCUT2D eigenvalue weighted by Gasteiger charge is -2.26. The summed E-state index contributed by atoms with van der Waals surface area (Å²) in [4.78, 5) is 18.4. The van der Waals surface area contributed by atoms with Crippen molar-refractivity contribution in [1.29, 1.82) is 0 Å². The zero-order valence-electron chi connectivity index (χ0n) is 12.2. The summed E-state index contributed by atoms with van der Waals surface area (Å²) in [5.41, 5.74) is 0. The Labute approximate surface area is 120 Å². The molecule has 0 aromatic carbocycles. The van der Waals surface area contributed by atoms with E-state index in [2.05, 4.69) is 15.2 Å².